The summed E-state index contributed by atoms with van der Waals surface area (Å²) in [4.78, 5) is 24.2. The van der Waals surface area contributed by atoms with E-state index in [0.717, 1.165) is 12.8 Å². The Morgan fingerprint density at radius 2 is 1.82 bits per heavy atom. The molecule has 2 rings (SSSR count). The van der Waals surface area contributed by atoms with Crippen molar-refractivity contribution in [3.63, 3.8) is 0 Å². The van der Waals surface area contributed by atoms with Crippen LogP contribution < -0.4 is 5.32 Å². The molecule has 0 saturated carbocycles. The van der Waals surface area contributed by atoms with Gasteiger partial charge in [0.2, 0.25) is 5.91 Å². The smallest absolute Gasteiger partial charge is 0.309 e. The Balaban J connectivity index is 1.89. The molecule has 1 unspecified atom stereocenters. The lowest BCUT2D eigenvalue weighted by Gasteiger charge is -2.20. The molecule has 4 heteroatoms. The van der Waals surface area contributed by atoms with Crippen molar-refractivity contribution in [2.24, 2.45) is 11.8 Å². The minimum Gasteiger partial charge on any atom is -0.466 e. The van der Waals surface area contributed by atoms with Crippen molar-refractivity contribution < 1.29 is 14.3 Å². The van der Waals surface area contributed by atoms with Crippen molar-refractivity contribution >= 4 is 11.9 Å². The SMILES string of the molecule is CCOC(=O)C(CC(=O)NC1Cc2ccccc2C1)C(C)C. The molecule has 1 amide bonds. The lowest BCUT2D eigenvalue weighted by molar-refractivity contribution is -0.151. The average Bonchev–Trinajstić information content (AvgIpc) is 2.86. The number of benzene rings is 1. The highest BCUT2D eigenvalue weighted by Gasteiger charge is 2.28. The second-order valence-corrected chi connectivity index (χ2v) is 6.25. The maximum atomic E-state index is 12.3. The van der Waals surface area contributed by atoms with Gasteiger partial charge >= 0.3 is 5.97 Å². The Kier molecular flexibility index (Phi) is 5.58. The van der Waals surface area contributed by atoms with Crippen LogP contribution in [0.25, 0.3) is 0 Å². The molecular weight excluding hydrogens is 278 g/mol. The summed E-state index contributed by atoms with van der Waals surface area (Å²) in [5, 5.41) is 3.06. The van der Waals surface area contributed by atoms with Crippen LogP contribution in [0, 0.1) is 11.8 Å². The number of esters is 1. The summed E-state index contributed by atoms with van der Waals surface area (Å²) >= 11 is 0. The van der Waals surface area contributed by atoms with E-state index in [4.69, 9.17) is 4.74 Å². The van der Waals surface area contributed by atoms with Crippen LogP contribution >= 0.6 is 0 Å². The molecule has 0 saturated heterocycles. The van der Waals surface area contributed by atoms with Gasteiger partial charge in [0.1, 0.15) is 0 Å². The summed E-state index contributed by atoms with van der Waals surface area (Å²) in [5.74, 6) is -0.624. The Morgan fingerprint density at radius 1 is 1.23 bits per heavy atom. The van der Waals surface area contributed by atoms with Gasteiger partial charge in [-0.25, -0.2) is 0 Å². The van der Waals surface area contributed by atoms with Crippen LogP contribution in [0.5, 0.6) is 0 Å². The van der Waals surface area contributed by atoms with Crippen LogP contribution in [0.2, 0.25) is 0 Å². The summed E-state index contributed by atoms with van der Waals surface area (Å²) < 4.78 is 5.07. The van der Waals surface area contributed by atoms with Gasteiger partial charge in [0, 0.05) is 12.5 Å². The Labute approximate surface area is 132 Å². The fraction of sp³-hybridized carbons (Fsp3) is 0.556. The highest BCUT2D eigenvalue weighted by atomic mass is 16.5. The Bertz CT molecular complexity index is 514. The molecule has 1 aromatic rings. The number of rotatable bonds is 6. The zero-order chi connectivity index (χ0) is 16.1. The number of fused-ring (bicyclic) bond motifs is 1. The first-order chi connectivity index (χ1) is 10.5. The van der Waals surface area contributed by atoms with Gasteiger partial charge < -0.3 is 10.1 Å². The first-order valence-corrected chi connectivity index (χ1v) is 8.04. The molecule has 0 spiro atoms. The van der Waals surface area contributed by atoms with E-state index in [-0.39, 0.29) is 36.2 Å². The molecule has 1 aliphatic carbocycles. The monoisotopic (exact) mass is 303 g/mol. The second-order valence-electron chi connectivity index (χ2n) is 6.25. The molecule has 22 heavy (non-hydrogen) atoms. The molecular formula is C18H25NO3. The molecule has 0 aromatic heterocycles. The van der Waals surface area contributed by atoms with Crippen LogP contribution in [0.3, 0.4) is 0 Å². The largest absolute Gasteiger partial charge is 0.466 e. The van der Waals surface area contributed by atoms with Crippen molar-refractivity contribution in [1.82, 2.24) is 5.32 Å². The predicted molar refractivity (Wildman–Crippen MR) is 85.4 cm³/mol. The minimum absolute atomic E-state index is 0.0652. The van der Waals surface area contributed by atoms with E-state index in [1.807, 2.05) is 26.0 Å². The zero-order valence-corrected chi connectivity index (χ0v) is 13.6. The van der Waals surface area contributed by atoms with Gasteiger partial charge in [-0.1, -0.05) is 38.1 Å². The molecule has 0 fully saturated rings. The van der Waals surface area contributed by atoms with Gasteiger partial charge in [0.05, 0.1) is 12.5 Å². The number of nitrogens with one attached hydrogen (secondary N) is 1. The summed E-state index contributed by atoms with van der Waals surface area (Å²) in [6.07, 6.45) is 1.94. The van der Waals surface area contributed by atoms with E-state index >= 15 is 0 Å². The first-order valence-electron chi connectivity index (χ1n) is 8.04. The maximum absolute atomic E-state index is 12.3. The van der Waals surface area contributed by atoms with Crippen molar-refractivity contribution in [3.05, 3.63) is 35.4 Å². The molecule has 120 valence electrons. The zero-order valence-electron chi connectivity index (χ0n) is 13.6. The van der Waals surface area contributed by atoms with Crippen molar-refractivity contribution in [3.8, 4) is 0 Å². The third-order valence-electron chi connectivity index (χ3n) is 4.22. The van der Waals surface area contributed by atoms with E-state index in [1.54, 1.807) is 6.92 Å². The van der Waals surface area contributed by atoms with Crippen LogP contribution in [0.4, 0.5) is 0 Å². The number of amides is 1. The number of ether oxygens (including phenoxy) is 1. The van der Waals surface area contributed by atoms with Gasteiger partial charge in [-0.05, 0) is 36.8 Å². The maximum Gasteiger partial charge on any atom is 0.309 e. The van der Waals surface area contributed by atoms with E-state index in [9.17, 15) is 9.59 Å². The Morgan fingerprint density at radius 3 is 2.32 bits per heavy atom. The van der Waals surface area contributed by atoms with Crippen LogP contribution in [0.1, 0.15) is 38.3 Å². The fourth-order valence-electron chi connectivity index (χ4n) is 2.99. The summed E-state index contributed by atoms with van der Waals surface area (Å²) in [5.41, 5.74) is 2.61. The predicted octanol–water partition coefficient (Wildman–Crippen LogP) is 2.50. The lowest BCUT2D eigenvalue weighted by atomic mass is 9.92. The van der Waals surface area contributed by atoms with Crippen molar-refractivity contribution in [2.45, 2.75) is 46.1 Å². The quantitative estimate of drug-likeness (QED) is 0.822. The number of hydrogen-bond donors (Lipinski definition) is 1. The first kappa shape index (κ1) is 16.5. The number of carbonyl (C=O) groups is 2. The fourth-order valence-corrected chi connectivity index (χ4v) is 2.99. The normalized spacial score (nSPS) is 15.5. The molecule has 0 heterocycles. The van der Waals surface area contributed by atoms with E-state index in [2.05, 4.69) is 17.4 Å². The highest BCUT2D eigenvalue weighted by molar-refractivity contribution is 5.83. The summed E-state index contributed by atoms with van der Waals surface area (Å²) in [6.45, 7) is 6.02. The van der Waals surface area contributed by atoms with E-state index in [0.29, 0.717) is 6.61 Å². The summed E-state index contributed by atoms with van der Waals surface area (Å²) in [6, 6.07) is 8.41. The molecule has 4 nitrogen and oxygen atoms in total. The van der Waals surface area contributed by atoms with Crippen LogP contribution in [-0.2, 0) is 27.2 Å². The van der Waals surface area contributed by atoms with Gasteiger partial charge in [-0.15, -0.1) is 0 Å². The molecule has 1 atom stereocenters. The minimum atomic E-state index is -0.372. The number of carbonyl (C=O) groups excluding carboxylic acids is 2. The van der Waals surface area contributed by atoms with E-state index in [1.165, 1.54) is 11.1 Å². The third kappa shape index (κ3) is 4.09. The molecule has 0 radical (unpaired) electrons. The topological polar surface area (TPSA) is 55.4 Å². The van der Waals surface area contributed by atoms with Crippen LogP contribution in [0.15, 0.2) is 24.3 Å². The Hall–Kier alpha value is -1.84. The average molecular weight is 303 g/mol. The molecule has 0 aliphatic heterocycles. The molecule has 1 N–H and O–H groups in total. The van der Waals surface area contributed by atoms with Gasteiger partial charge in [-0.2, -0.15) is 0 Å². The van der Waals surface area contributed by atoms with E-state index < -0.39 is 0 Å². The van der Waals surface area contributed by atoms with Crippen molar-refractivity contribution in [1.29, 1.82) is 0 Å². The van der Waals surface area contributed by atoms with Crippen molar-refractivity contribution in [2.75, 3.05) is 6.61 Å². The van der Waals surface area contributed by atoms with Gasteiger partial charge in [0.15, 0.2) is 0 Å². The second kappa shape index (κ2) is 7.43. The number of hydrogen-bond acceptors (Lipinski definition) is 3. The third-order valence-corrected chi connectivity index (χ3v) is 4.22. The van der Waals surface area contributed by atoms with Gasteiger partial charge in [0.25, 0.3) is 0 Å². The van der Waals surface area contributed by atoms with Gasteiger partial charge in [-0.3, -0.25) is 9.59 Å². The molecule has 0 bridgehead atoms. The standard InChI is InChI=1S/C18H25NO3/c1-4-22-18(21)16(12(2)3)11-17(20)19-15-9-13-7-5-6-8-14(13)10-15/h5-8,12,15-16H,4,9-11H2,1-3H3,(H,19,20). The summed E-state index contributed by atoms with van der Waals surface area (Å²) in [7, 11) is 0. The molecule has 1 aliphatic rings. The van der Waals surface area contributed by atoms with Crippen LogP contribution in [-0.4, -0.2) is 24.5 Å². The highest BCUT2D eigenvalue weighted by Crippen LogP contribution is 2.22. The lowest BCUT2D eigenvalue weighted by Crippen LogP contribution is -2.38. The molecule has 1 aromatic carbocycles.